The lowest BCUT2D eigenvalue weighted by Gasteiger charge is -2.32. The average molecular weight is 751 g/mol. The maximum atomic E-state index is 6.53. The van der Waals surface area contributed by atoms with Crippen LogP contribution in [0, 0.1) is 0 Å². The molecule has 2 atom stereocenters. The van der Waals surface area contributed by atoms with Crippen molar-refractivity contribution in [1.29, 1.82) is 0 Å². The van der Waals surface area contributed by atoms with E-state index in [-0.39, 0.29) is 12.3 Å². The van der Waals surface area contributed by atoms with Gasteiger partial charge in [0, 0.05) is 42.6 Å². The summed E-state index contributed by atoms with van der Waals surface area (Å²) in [4.78, 5) is 5.23. The number of hydrogen-bond donors (Lipinski definition) is 2. The SMILES string of the molecule is c1ccc(C2N=C(c3ccc4oc5cccc(-c6ccc7c(c6)sc6c(-n8c9ccccc9c9ccccc98)cccc67)c5c4c3)NC(c3ccccc3)N2)cc1. The Bertz CT molecular complexity index is 3320. The van der Waals surface area contributed by atoms with E-state index in [1.807, 2.05) is 23.5 Å². The lowest BCUT2D eigenvalue weighted by molar-refractivity contribution is 0.409. The second-order valence-corrected chi connectivity index (χ2v) is 15.8. The molecule has 6 heteroatoms. The second kappa shape index (κ2) is 12.8. The number of hydrogen-bond acceptors (Lipinski definition) is 5. The normalized spacial score (nSPS) is 15.9. The second-order valence-electron chi connectivity index (χ2n) is 14.8. The van der Waals surface area contributed by atoms with Crippen molar-refractivity contribution in [3.05, 3.63) is 199 Å². The maximum Gasteiger partial charge on any atom is 0.136 e. The predicted octanol–water partition coefficient (Wildman–Crippen LogP) is 13.1. The molecule has 5 nitrogen and oxygen atoms in total. The molecule has 8 aromatic carbocycles. The summed E-state index contributed by atoms with van der Waals surface area (Å²) < 4.78 is 11.5. The molecular formula is C51H34N4OS. The first-order valence-corrected chi connectivity index (χ1v) is 20.2. The van der Waals surface area contributed by atoms with Crippen LogP contribution in [0.15, 0.2) is 191 Å². The molecule has 0 bridgehead atoms. The number of fused-ring (bicyclic) bond motifs is 9. The van der Waals surface area contributed by atoms with Crippen molar-refractivity contribution in [2.24, 2.45) is 4.99 Å². The lowest BCUT2D eigenvalue weighted by atomic mass is 9.97. The largest absolute Gasteiger partial charge is 0.456 e. The lowest BCUT2D eigenvalue weighted by Crippen LogP contribution is -2.44. The van der Waals surface area contributed by atoms with Crippen LogP contribution in [0.1, 0.15) is 29.0 Å². The van der Waals surface area contributed by atoms with Gasteiger partial charge in [0.15, 0.2) is 0 Å². The number of benzene rings is 8. The van der Waals surface area contributed by atoms with E-state index in [4.69, 9.17) is 9.41 Å². The number of para-hydroxylation sites is 2. The molecule has 2 unspecified atom stereocenters. The van der Waals surface area contributed by atoms with Crippen molar-refractivity contribution in [1.82, 2.24) is 15.2 Å². The minimum atomic E-state index is -0.205. The van der Waals surface area contributed by atoms with E-state index in [9.17, 15) is 0 Å². The third kappa shape index (κ3) is 5.15. The molecule has 0 radical (unpaired) electrons. The van der Waals surface area contributed by atoms with E-state index in [2.05, 4.69) is 185 Å². The molecular weight excluding hydrogens is 717 g/mol. The van der Waals surface area contributed by atoms with E-state index < -0.39 is 0 Å². The molecule has 0 spiro atoms. The van der Waals surface area contributed by atoms with Gasteiger partial charge in [0.1, 0.15) is 29.3 Å². The Morgan fingerprint density at radius 1 is 0.526 bits per heavy atom. The van der Waals surface area contributed by atoms with Crippen LogP contribution < -0.4 is 10.6 Å². The Balaban J connectivity index is 0.993. The third-order valence-corrected chi connectivity index (χ3v) is 12.7. The fourth-order valence-corrected chi connectivity index (χ4v) is 10.1. The molecule has 1 aliphatic heterocycles. The highest BCUT2D eigenvalue weighted by molar-refractivity contribution is 7.26. The molecule has 3 aromatic heterocycles. The van der Waals surface area contributed by atoms with Gasteiger partial charge in [-0.3, -0.25) is 5.32 Å². The van der Waals surface area contributed by atoms with Crippen LogP contribution >= 0.6 is 11.3 Å². The first-order valence-electron chi connectivity index (χ1n) is 19.4. The molecule has 11 aromatic rings. The molecule has 1 aliphatic rings. The number of aromatic nitrogens is 1. The van der Waals surface area contributed by atoms with Gasteiger partial charge in [-0.05, 0) is 70.8 Å². The van der Waals surface area contributed by atoms with Crippen molar-refractivity contribution in [3.8, 4) is 16.8 Å². The van der Waals surface area contributed by atoms with E-state index in [1.54, 1.807) is 0 Å². The number of amidine groups is 1. The van der Waals surface area contributed by atoms with Crippen LogP contribution in [0.4, 0.5) is 0 Å². The van der Waals surface area contributed by atoms with Crippen LogP contribution in [0.5, 0.6) is 0 Å². The van der Waals surface area contributed by atoms with E-state index >= 15 is 0 Å². The van der Waals surface area contributed by atoms with Gasteiger partial charge in [-0.15, -0.1) is 11.3 Å². The number of nitrogens with one attached hydrogen (secondary N) is 2. The summed E-state index contributed by atoms with van der Waals surface area (Å²) in [5, 5.41) is 14.7. The number of nitrogens with zero attached hydrogens (tertiary/aromatic N) is 2. The van der Waals surface area contributed by atoms with Crippen molar-refractivity contribution in [2.75, 3.05) is 0 Å². The maximum absolute atomic E-state index is 6.53. The van der Waals surface area contributed by atoms with Crippen molar-refractivity contribution >= 4 is 81.1 Å². The zero-order valence-electron chi connectivity index (χ0n) is 30.7. The Morgan fingerprint density at radius 3 is 2.00 bits per heavy atom. The van der Waals surface area contributed by atoms with Crippen LogP contribution in [0.3, 0.4) is 0 Å². The van der Waals surface area contributed by atoms with Gasteiger partial charge in [-0.2, -0.15) is 0 Å². The molecule has 0 saturated carbocycles. The van der Waals surface area contributed by atoms with Gasteiger partial charge in [0.25, 0.3) is 0 Å². The summed E-state index contributed by atoms with van der Waals surface area (Å²) in [5.74, 6) is 0.843. The van der Waals surface area contributed by atoms with Gasteiger partial charge < -0.3 is 14.3 Å². The van der Waals surface area contributed by atoms with E-state index in [0.29, 0.717) is 0 Å². The Hall–Kier alpha value is -6.99. The Kier molecular flexibility index (Phi) is 7.24. The van der Waals surface area contributed by atoms with Gasteiger partial charge in [-0.1, -0.05) is 133 Å². The molecule has 2 N–H and O–H groups in total. The minimum absolute atomic E-state index is 0.111. The zero-order valence-corrected chi connectivity index (χ0v) is 31.5. The fraction of sp³-hybridized carbons (Fsp3) is 0.0392. The molecule has 0 fully saturated rings. The first-order chi connectivity index (χ1) is 28.2. The van der Waals surface area contributed by atoms with Crippen molar-refractivity contribution < 1.29 is 4.42 Å². The number of thiophene rings is 1. The Morgan fingerprint density at radius 2 is 1.21 bits per heavy atom. The van der Waals surface area contributed by atoms with Gasteiger partial charge in [0.2, 0.25) is 0 Å². The van der Waals surface area contributed by atoms with Gasteiger partial charge in [-0.25, -0.2) is 4.99 Å². The Labute approximate surface area is 332 Å². The molecule has 4 heterocycles. The molecule has 57 heavy (non-hydrogen) atoms. The van der Waals surface area contributed by atoms with Crippen molar-refractivity contribution in [3.63, 3.8) is 0 Å². The summed E-state index contributed by atoms with van der Waals surface area (Å²) in [6.45, 7) is 0. The van der Waals surface area contributed by atoms with Crippen LogP contribution in [0.2, 0.25) is 0 Å². The predicted molar refractivity (Wildman–Crippen MR) is 238 cm³/mol. The standard InChI is InChI=1S/C51H34N4OS/c1-3-13-31(14-4-1)49-52-50(32-15-5-2-6-16-32)54-51(53-49)34-26-28-44-40(29-34)47-35(19-12-24-45(47)56-44)33-25-27-38-39-20-11-23-43(48(39)57-46(38)30-33)55-41-21-9-7-17-36(41)37-18-8-10-22-42(37)55/h1-30,49-50,52H,(H,53,54). The highest BCUT2D eigenvalue weighted by Gasteiger charge is 2.26. The molecule has 270 valence electrons. The zero-order chi connectivity index (χ0) is 37.5. The number of rotatable bonds is 5. The first kappa shape index (κ1) is 32.3. The van der Waals surface area contributed by atoms with E-state index in [0.717, 1.165) is 55.6 Å². The molecule has 0 amide bonds. The molecule has 0 saturated heterocycles. The average Bonchev–Trinajstić information content (AvgIpc) is 3.96. The highest BCUT2D eigenvalue weighted by atomic mass is 32.1. The minimum Gasteiger partial charge on any atom is -0.456 e. The quantitative estimate of drug-likeness (QED) is 0.184. The molecule has 0 aliphatic carbocycles. The van der Waals surface area contributed by atoms with Crippen LogP contribution in [-0.2, 0) is 0 Å². The summed E-state index contributed by atoms with van der Waals surface area (Å²) in [7, 11) is 0. The highest BCUT2D eigenvalue weighted by Crippen LogP contribution is 2.44. The summed E-state index contributed by atoms with van der Waals surface area (Å²) in [5.41, 5.74) is 11.0. The topological polar surface area (TPSA) is 54.5 Å². The number of aliphatic imine (C=N–C) groups is 1. The fourth-order valence-electron chi connectivity index (χ4n) is 8.85. The monoisotopic (exact) mass is 750 g/mol. The van der Waals surface area contributed by atoms with E-state index in [1.165, 1.54) is 47.7 Å². The number of furan rings is 1. The third-order valence-electron chi connectivity index (χ3n) is 11.5. The summed E-state index contributed by atoms with van der Waals surface area (Å²) >= 11 is 1.87. The molecule has 12 rings (SSSR count). The van der Waals surface area contributed by atoms with Gasteiger partial charge >= 0.3 is 0 Å². The van der Waals surface area contributed by atoms with Crippen LogP contribution in [-0.4, -0.2) is 10.4 Å². The van der Waals surface area contributed by atoms with Crippen LogP contribution in [0.25, 0.3) is 80.7 Å². The summed E-state index contributed by atoms with van der Waals surface area (Å²) in [6.07, 6.45) is -0.316. The smallest absolute Gasteiger partial charge is 0.136 e. The van der Waals surface area contributed by atoms with Gasteiger partial charge in [0.05, 0.1) is 21.4 Å². The van der Waals surface area contributed by atoms with Crippen molar-refractivity contribution in [2.45, 2.75) is 12.3 Å². The summed E-state index contributed by atoms with van der Waals surface area (Å²) in [6, 6.07) is 64.9.